The molecule has 9 heteroatoms. The Bertz CT molecular complexity index is 975. The van der Waals surface area contributed by atoms with Crippen LogP contribution in [0.5, 0.6) is 11.5 Å². The topological polar surface area (TPSA) is 118 Å². The molecule has 0 unspecified atom stereocenters. The van der Waals surface area contributed by atoms with E-state index in [1.54, 1.807) is 6.07 Å². The van der Waals surface area contributed by atoms with Crippen molar-refractivity contribution in [2.24, 2.45) is 0 Å². The quantitative estimate of drug-likeness (QED) is 0.683. The lowest BCUT2D eigenvalue weighted by Gasteiger charge is -2.22. The molecule has 0 radical (unpaired) electrons. The van der Waals surface area contributed by atoms with Crippen molar-refractivity contribution in [3.05, 3.63) is 47.5 Å². The Hall–Kier alpha value is -1.94. The Morgan fingerprint density at radius 2 is 1.64 bits per heavy atom. The SMILES string of the molecule is O=S(=O)(O)c1ccc2c(c1)Oc1c(cccc1S(=O)(=O)O)C2. The molecule has 0 fully saturated rings. The summed E-state index contributed by atoms with van der Waals surface area (Å²) in [4.78, 5) is -0.757. The molecule has 1 aliphatic rings. The number of rotatable bonds is 2. The summed E-state index contributed by atoms with van der Waals surface area (Å²) in [6.45, 7) is 0. The minimum atomic E-state index is -4.48. The van der Waals surface area contributed by atoms with Gasteiger partial charge < -0.3 is 4.74 Å². The van der Waals surface area contributed by atoms with Crippen LogP contribution in [0.15, 0.2) is 46.2 Å². The molecule has 2 aromatic carbocycles. The van der Waals surface area contributed by atoms with Gasteiger partial charge in [0.15, 0.2) is 5.75 Å². The average molecular weight is 342 g/mol. The number of hydrogen-bond acceptors (Lipinski definition) is 5. The molecule has 7 nitrogen and oxygen atoms in total. The third-order valence-corrected chi connectivity index (χ3v) is 4.99. The van der Waals surface area contributed by atoms with Crippen LogP contribution in [0.25, 0.3) is 0 Å². The van der Waals surface area contributed by atoms with Gasteiger partial charge in [0.2, 0.25) is 0 Å². The number of para-hydroxylation sites is 1. The summed E-state index contributed by atoms with van der Waals surface area (Å²) in [6, 6.07) is 8.11. The molecule has 22 heavy (non-hydrogen) atoms. The van der Waals surface area contributed by atoms with E-state index in [1.165, 1.54) is 24.3 Å². The van der Waals surface area contributed by atoms with Crippen LogP contribution in [-0.2, 0) is 26.7 Å². The number of benzene rings is 2. The standard InChI is InChI=1S/C13H10O7S2/c14-21(15,16)10-5-4-8-6-9-2-1-3-12(22(17,18)19)13(9)20-11(8)7-10/h1-5,7H,6H2,(H,14,15,16)(H,17,18,19). The van der Waals surface area contributed by atoms with E-state index in [2.05, 4.69) is 0 Å². The summed E-state index contributed by atoms with van der Waals surface area (Å²) in [5.74, 6) is 0.0590. The molecule has 0 amide bonds. The van der Waals surface area contributed by atoms with Crippen LogP contribution in [0.3, 0.4) is 0 Å². The molecule has 1 heterocycles. The van der Waals surface area contributed by atoms with E-state index in [1.807, 2.05) is 0 Å². The number of hydrogen-bond donors (Lipinski definition) is 2. The fraction of sp³-hybridized carbons (Fsp3) is 0.0769. The minimum Gasteiger partial charge on any atom is -0.455 e. The first-order valence-corrected chi connectivity index (χ1v) is 8.92. The van der Waals surface area contributed by atoms with Crippen LogP contribution in [0.4, 0.5) is 0 Å². The smallest absolute Gasteiger partial charge is 0.298 e. The van der Waals surface area contributed by atoms with Crippen molar-refractivity contribution in [2.75, 3.05) is 0 Å². The van der Waals surface area contributed by atoms with Crippen LogP contribution in [0.2, 0.25) is 0 Å². The average Bonchev–Trinajstić information content (AvgIpc) is 2.41. The van der Waals surface area contributed by atoms with E-state index < -0.39 is 25.1 Å². The normalized spacial score (nSPS) is 13.9. The molecule has 0 saturated carbocycles. The Morgan fingerprint density at radius 3 is 2.27 bits per heavy atom. The second kappa shape index (κ2) is 4.78. The van der Waals surface area contributed by atoms with Gasteiger partial charge in [-0.2, -0.15) is 16.8 Å². The summed E-state index contributed by atoms with van der Waals surface area (Å²) < 4.78 is 68.8. The Balaban J connectivity index is 2.16. The predicted octanol–water partition coefficient (Wildman–Crippen LogP) is 1.88. The highest BCUT2D eigenvalue weighted by molar-refractivity contribution is 7.86. The maximum atomic E-state index is 11.4. The van der Waals surface area contributed by atoms with Gasteiger partial charge in [-0.25, -0.2) is 0 Å². The van der Waals surface area contributed by atoms with Crippen molar-refractivity contribution in [1.82, 2.24) is 0 Å². The third kappa shape index (κ3) is 2.59. The molecule has 0 aromatic heterocycles. The second-order valence-electron chi connectivity index (χ2n) is 4.74. The molecule has 2 aromatic rings. The van der Waals surface area contributed by atoms with Gasteiger partial charge in [-0.1, -0.05) is 18.2 Å². The summed E-state index contributed by atoms with van der Waals surface area (Å²) in [5, 5.41) is 0. The van der Waals surface area contributed by atoms with Gasteiger partial charge in [0.1, 0.15) is 10.6 Å². The van der Waals surface area contributed by atoms with Crippen molar-refractivity contribution < 1.29 is 30.7 Å². The zero-order valence-electron chi connectivity index (χ0n) is 10.9. The van der Waals surface area contributed by atoms with Crippen LogP contribution >= 0.6 is 0 Å². The monoisotopic (exact) mass is 342 g/mol. The van der Waals surface area contributed by atoms with Gasteiger partial charge in [0, 0.05) is 18.1 Å². The van der Waals surface area contributed by atoms with Crippen LogP contribution in [-0.4, -0.2) is 25.9 Å². The van der Waals surface area contributed by atoms with Gasteiger partial charge in [0.05, 0.1) is 4.90 Å². The van der Waals surface area contributed by atoms with E-state index in [-0.39, 0.29) is 16.4 Å². The molecular formula is C13H10O7S2. The molecule has 3 rings (SSSR count). The zero-order valence-corrected chi connectivity index (χ0v) is 12.6. The maximum Gasteiger partial charge on any atom is 0.298 e. The van der Waals surface area contributed by atoms with Crippen LogP contribution in [0, 0.1) is 0 Å². The van der Waals surface area contributed by atoms with Crippen LogP contribution < -0.4 is 4.74 Å². The van der Waals surface area contributed by atoms with E-state index in [0.29, 0.717) is 17.5 Å². The predicted molar refractivity (Wildman–Crippen MR) is 75.4 cm³/mol. The van der Waals surface area contributed by atoms with Gasteiger partial charge in [-0.3, -0.25) is 9.11 Å². The Labute approximate surface area is 126 Å². The van der Waals surface area contributed by atoms with Gasteiger partial charge >= 0.3 is 0 Å². The summed E-state index contributed by atoms with van der Waals surface area (Å²) in [7, 11) is -8.88. The van der Waals surface area contributed by atoms with Crippen molar-refractivity contribution in [1.29, 1.82) is 0 Å². The fourth-order valence-corrected chi connectivity index (χ4v) is 3.42. The maximum absolute atomic E-state index is 11.4. The van der Waals surface area contributed by atoms with Gasteiger partial charge in [0.25, 0.3) is 20.2 Å². The number of fused-ring (bicyclic) bond motifs is 2. The van der Waals surface area contributed by atoms with Crippen molar-refractivity contribution >= 4 is 20.2 Å². The highest BCUT2D eigenvalue weighted by atomic mass is 32.2. The van der Waals surface area contributed by atoms with Crippen molar-refractivity contribution in [3.63, 3.8) is 0 Å². The van der Waals surface area contributed by atoms with Crippen LogP contribution in [0.1, 0.15) is 11.1 Å². The van der Waals surface area contributed by atoms with Gasteiger partial charge in [-0.15, -0.1) is 0 Å². The molecule has 0 bridgehead atoms. The second-order valence-corrected chi connectivity index (χ2v) is 7.55. The zero-order chi connectivity index (χ0) is 16.1. The van der Waals surface area contributed by atoms with Crippen molar-refractivity contribution in [3.8, 4) is 11.5 Å². The first-order chi connectivity index (χ1) is 10.2. The largest absolute Gasteiger partial charge is 0.455 e. The Kier molecular flexibility index (Phi) is 3.25. The van der Waals surface area contributed by atoms with E-state index in [4.69, 9.17) is 9.29 Å². The molecular weight excluding hydrogens is 332 g/mol. The third-order valence-electron chi connectivity index (χ3n) is 3.27. The molecule has 1 aliphatic heterocycles. The summed E-state index contributed by atoms with van der Waals surface area (Å²) in [5.41, 5.74) is 1.18. The van der Waals surface area contributed by atoms with E-state index in [0.717, 1.165) is 6.07 Å². The first-order valence-electron chi connectivity index (χ1n) is 6.04. The Morgan fingerprint density at radius 1 is 0.909 bits per heavy atom. The highest BCUT2D eigenvalue weighted by Gasteiger charge is 2.26. The molecule has 2 N–H and O–H groups in total. The van der Waals surface area contributed by atoms with E-state index >= 15 is 0 Å². The lowest BCUT2D eigenvalue weighted by molar-refractivity contribution is 0.431. The van der Waals surface area contributed by atoms with Gasteiger partial charge in [-0.05, 0) is 17.7 Å². The highest BCUT2D eigenvalue weighted by Crippen LogP contribution is 2.41. The molecule has 0 spiro atoms. The summed E-state index contributed by atoms with van der Waals surface area (Å²) in [6.07, 6.45) is 0.305. The number of ether oxygens (including phenoxy) is 1. The lowest BCUT2D eigenvalue weighted by Crippen LogP contribution is -2.09. The molecule has 0 aliphatic carbocycles. The molecule has 0 atom stereocenters. The lowest BCUT2D eigenvalue weighted by atomic mass is 10.0. The molecule has 116 valence electrons. The molecule has 0 saturated heterocycles. The summed E-state index contributed by atoms with van der Waals surface area (Å²) >= 11 is 0. The first kappa shape index (κ1) is 15.0. The minimum absolute atomic E-state index is 0.0509. The van der Waals surface area contributed by atoms with E-state index in [9.17, 15) is 21.4 Å². The fourth-order valence-electron chi connectivity index (χ4n) is 2.27. The van der Waals surface area contributed by atoms with Crippen molar-refractivity contribution in [2.45, 2.75) is 16.2 Å².